The van der Waals surface area contributed by atoms with Crippen molar-refractivity contribution in [3.8, 4) is 0 Å². The average molecular weight is 434 g/mol. The van der Waals surface area contributed by atoms with Gasteiger partial charge in [0, 0.05) is 30.9 Å². The molecule has 1 aromatic rings. The second kappa shape index (κ2) is 7.94. The van der Waals surface area contributed by atoms with Crippen molar-refractivity contribution in [1.82, 2.24) is 14.9 Å². The van der Waals surface area contributed by atoms with Gasteiger partial charge in [-0.15, -0.1) is 0 Å². The first-order valence-corrected chi connectivity index (χ1v) is 10.4. The Balaban J connectivity index is 1.72. The van der Waals surface area contributed by atoms with E-state index >= 15 is 0 Å². The highest BCUT2D eigenvalue weighted by molar-refractivity contribution is 6.61. The minimum Gasteiger partial charge on any atom is -0.480 e. The minimum atomic E-state index is -1.06. The number of piperazine rings is 1. The van der Waals surface area contributed by atoms with Gasteiger partial charge in [-0.25, -0.2) is 19.6 Å². The second-order valence-electron chi connectivity index (χ2n) is 9.88. The molecule has 0 spiro atoms. The molecule has 0 unspecified atom stereocenters. The number of carboxylic acids is 1. The summed E-state index contributed by atoms with van der Waals surface area (Å²) in [7, 11) is -0.599. The van der Waals surface area contributed by atoms with Crippen molar-refractivity contribution < 1.29 is 28.7 Å². The van der Waals surface area contributed by atoms with E-state index in [0.717, 1.165) is 0 Å². The normalized spacial score (nSPS) is 23.1. The number of amides is 1. The van der Waals surface area contributed by atoms with Crippen molar-refractivity contribution >= 4 is 30.6 Å². The molecule has 3 heterocycles. The number of hydrogen-bond donors (Lipinski definition) is 1. The van der Waals surface area contributed by atoms with Gasteiger partial charge in [-0.3, -0.25) is 0 Å². The molecule has 10 nitrogen and oxygen atoms in total. The fraction of sp³-hybridized carbons (Fsp3) is 0.700. The van der Waals surface area contributed by atoms with Gasteiger partial charge in [0.25, 0.3) is 0 Å². The van der Waals surface area contributed by atoms with Crippen LogP contribution in [0.2, 0.25) is 0 Å². The number of nitrogens with zero attached hydrogens (tertiary/aromatic N) is 4. The molecule has 2 aliphatic heterocycles. The highest BCUT2D eigenvalue weighted by atomic mass is 16.7. The van der Waals surface area contributed by atoms with E-state index in [-0.39, 0.29) is 19.0 Å². The van der Waals surface area contributed by atoms with Crippen molar-refractivity contribution in [2.45, 2.75) is 71.3 Å². The maximum atomic E-state index is 12.4. The Morgan fingerprint density at radius 2 is 1.68 bits per heavy atom. The minimum absolute atomic E-state index is 0.0212. The molecule has 0 aliphatic carbocycles. The van der Waals surface area contributed by atoms with Crippen LogP contribution in [0.25, 0.3) is 0 Å². The molecule has 1 amide bonds. The van der Waals surface area contributed by atoms with Gasteiger partial charge in [0.15, 0.2) is 0 Å². The topological polar surface area (TPSA) is 114 Å². The first kappa shape index (κ1) is 23.3. The van der Waals surface area contributed by atoms with Crippen molar-refractivity contribution in [3.05, 3.63) is 12.4 Å². The summed E-state index contributed by atoms with van der Waals surface area (Å²) in [6.45, 7) is 13.7. The molecule has 3 rings (SSSR count). The molecule has 0 aromatic carbocycles. The van der Waals surface area contributed by atoms with E-state index in [1.807, 2.05) is 27.7 Å². The van der Waals surface area contributed by atoms with Crippen LogP contribution in [0.1, 0.15) is 48.5 Å². The Labute approximate surface area is 183 Å². The summed E-state index contributed by atoms with van der Waals surface area (Å²) < 4.78 is 17.4. The van der Waals surface area contributed by atoms with Crippen LogP contribution >= 0.6 is 0 Å². The molecule has 11 heteroatoms. The zero-order valence-corrected chi connectivity index (χ0v) is 19.2. The maximum Gasteiger partial charge on any atom is 0.498 e. The van der Waals surface area contributed by atoms with Crippen LogP contribution < -0.4 is 10.4 Å². The summed E-state index contributed by atoms with van der Waals surface area (Å²) >= 11 is 0. The maximum absolute atomic E-state index is 12.4. The van der Waals surface area contributed by atoms with Gasteiger partial charge < -0.3 is 29.0 Å². The van der Waals surface area contributed by atoms with Gasteiger partial charge in [-0.1, -0.05) is 0 Å². The summed E-state index contributed by atoms with van der Waals surface area (Å²) in [5.74, 6) is -0.789. The first-order chi connectivity index (χ1) is 14.2. The zero-order valence-electron chi connectivity index (χ0n) is 19.2. The Morgan fingerprint density at radius 3 is 2.16 bits per heavy atom. The summed E-state index contributed by atoms with van der Waals surface area (Å²) in [5.41, 5.74) is -0.966. The Hall–Kier alpha value is -2.40. The highest BCUT2D eigenvalue weighted by Crippen LogP contribution is 2.36. The molecule has 2 fully saturated rings. The molecular weight excluding hydrogens is 403 g/mol. The number of rotatable bonds is 3. The largest absolute Gasteiger partial charge is 0.498 e. The molecule has 1 aromatic heterocycles. The number of aromatic nitrogens is 2. The standard InChI is InChI=1S/C20H31BN4O6/c1-18(2,3)29-17(28)24-8-9-25(14(12-24)15(26)27)16-22-10-13(11-23-16)21-30-19(4,5)20(6,7)31-21/h10-11,14H,8-9,12H2,1-7H3,(H,26,27)/t14-/m1/s1. The van der Waals surface area contributed by atoms with Crippen LogP contribution in [-0.4, -0.2) is 81.6 Å². The van der Waals surface area contributed by atoms with E-state index in [2.05, 4.69) is 9.97 Å². The van der Waals surface area contributed by atoms with E-state index in [4.69, 9.17) is 14.0 Å². The van der Waals surface area contributed by atoms with Gasteiger partial charge in [-0.2, -0.15) is 0 Å². The first-order valence-electron chi connectivity index (χ1n) is 10.4. The van der Waals surface area contributed by atoms with Gasteiger partial charge in [-0.05, 0) is 48.5 Å². The molecular formula is C20H31BN4O6. The smallest absolute Gasteiger partial charge is 0.480 e. The third-order valence-electron chi connectivity index (χ3n) is 5.76. The van der Waals surface area contributed by atoms with E-state index in [1.54, 1.807) is 38.1 Å². The number of carbonyl (C=O) groups excluding carboxylic acids is 1. The lowest BCUT2D eigenvalue weighted by Crippen LogP contribution is -2.59. The van der Waals surface area contributed by atoms with Gasteiger partial charge >= 0.3 is 19.2 Å². The SMILES string of the molecule is CC(C)(C)OC(=O)N1CCN(c2ncc(B3OC(C)(C)C(C)(C)O3)cn2)[C@@H](C(=O)O)C1. The van der Waals surface area contributed by atoms with Gasteiger partial charge in [0.05, 0.1) is 17.7 Å². The van der Waals surface area contributed by atoms with Crippen molar-refractivity contribution in [1.29, 1.82) is 0 Å². The molecule has 1 atom stereocenters. The molecule has 1 N–H and O–H groups in total. The molecule has 0 saturated carbocycles. The quantitative estimate of drug-likeness (QED) is 0.703. The lowest BCUT2D eigenvalue weighted by Gasteiger charge is -2.39. The summed E-state index contributed by atoms with van der Waals surface area (Å²) in [4.78, 5) is 36.0. The molecule has 0 radical (unpaired) electrons. The summed E-state index contributed by atoms with van der Waals surface area (Å²) in [5, 5.41) is 9.73. The Bertz CT molecular complexity index is 823. The van der Waals surface area contributed by atoms with Crippen LogP contribution in [0.4, 0.5) is 10.7 Å². The number of aliphatic carboxylic acids is 1. The van der Waals surface area contributed by atoms with E-state index in [1.165, 1.54) is 4.90 Å². The fourth-order valence-corrected chi connectivity index (χ4v) is 3.31. The zero-order chi connectivity index (χ0) is 23.2. The number of anilines is 1. The lowest BCUT2D eigenvalue weighted by molar-refractivity contribution is -0.139. The molecule has 2 aliphatic rings. The van der Waals surface area contributed by atoms with Crippen LogP contribution in [0, 0.1) is 0 Å². The monoisotopic (exact) mass is 434 g/mol. The van der Waals surface area contributed by atoms with E-state index in [9.17, 15) is 14.7 Å². The Morgan fingerprint density at radius 1 is 1.13 bits per heavy atom. The molecule has 2 saturated heterocycles. The Kier molecular flexibility index (Phi) is 5.96. The van der Waals surface area contributed by atoms with Crippen molar-refractivity contribution in [3.63, 3.8) is 0 Å². The number of carboxylic acid groups (broad SMARTS) is 1. The van der Waals surface area contributed by atoms with Crippen molar-refractivity contribution in [2.24, 2.45) is 0 Å². The predicted molar refractivity (Wildman–Crippen MR) is 114 cm³/mol. The lowest BCUT2D eigenvalue weighted by atomic mass is 9.81. The predicted octanol–water partition coefficient (Wildman–Crippen LogP) is 1.29. The second-order valence-corrected chi connectivity index (χ2v) is 9.88. The number of hydrogen-bond acceptors (Lipinski definition) is 8. The van der Waals surface area contributed by atoms with E-state index in [0.29, 0.717) is 12.0 Å². The van der Waals surface area contributed by atoms with Crippen LogP contribution in [-0.2, 0) is 18.8 Å². The third kappa shape index (κ3) is 4.93. The van der Waals surface area contributed by atoms with Gasteiger partial charge in [0.2, 0.25) is 5.95 Å². The molecule has 0 bridgehead atoms. The summed E-state index contributed by atoms with van der Waals surface area (Å²) in [6, 6.07) is -0.982. The molecule has 170 valence electrons. The van der Waals surface area contributed by atoms with E-state index < -0.39 is 42.0 Å². The summed E-state index contributed by atoms with van der Waals surface area (Å²) in [6.07, 6.45) is 2.64. The van der Waals surface area contributed by atoms with Crippen LogP contribution in [0.5, 0.6) is 0 Å². The average Bonchev–Trinajstić information content (AvgIpc) is 2.87. The fourth-order valence-electron chi connectivity index (χ4n) is 3.31. The number of ether oxygens (including phenoxy) is 1. The molecule has 31 heavy (non-hydrogen) atoms. The van der Waals surface area contributed by atoms with Crippen molar-refractivity contribution in [2.75, 3.05) is 24.5 Å². The third-order valence-corrected chi connectivity index (χ3v) is 5.76. The number of carbonyl (C=O) groups is 2. The van der Waals surface area contributed by atoms with Crippen LogP contribution in [0.15, 0.2) is 12.4 Å². The van der Waals surface area contributed by atoms with Crippen LogP contribution in [0.3, 0.4) is 0 Å². The van der Waals surface area contributed by atoms with Gasteiger partial charge in [0.1, 0.15) is 11.6 Å². The highest BCUT2D eigenvalue weighted by Gasteiger charge is 2.52.